The van der Waals surface area contributed by atoms with E-state index in [1.54, 1.807) is 23.8 Å². The average Bonchev–Trinajstić information content (AvgIpc) is 2.28. The topological polar surface area (TPSA) is 60.9 Å². The summed E-state index contributed by atoms with van der Waals surface area (Å²) in [7, 11) is 1.80. The molecule has 0 radical (unpaired) electrons. The van der Waals surface area contributed by atoms with Crippen molar-refractivity contribution in [1.82, 2.24) is 9.80 Å². The molecule has 1 aliphatic rings. The Balaban J connectivity index is 2.52. The normalized spacial score (nSPS) is 18.8. The van der Waals surface area contributed by atoms with Gasteiger partial charge in [0, 0.05) is 26.7 Å². The van der Waals surface area contributed by atoms with E-state index in [0.717, 1.165) is 6.54 Å². The van der Waals surface area contributed by atoms with E-state index in [1.165, 1.54) is 0 Å². The molecule has 18 heavy (non-hydrogen) atoms. The van der Waals surface area contributed by atoms with Gasteiger partial charge in [0.25, 0.3) is 0 Å². The van der Waals surface area contributed by atoms with E-state index in [9.17, 15) is 9.59 Å². The van der Waals surface area contributed by atoms with E-state index in [0.29, 0.717) is 31.8 Å². The zero-order chi connectivity index (χ0) is 13.9. The summed E-state index contributed by atoms with van der Waals surface area (Å²) in [6.07, 6.45) is 1.06. The van der Waals surface area contributed by atoms with Crippen LogP contribution in [-0.2, 0) is 4.79 Å². The van der Waals surface area contributed by atoms with Crippen molar-refractivity contribution in [1.29, 1.82) is 0 Å². The molecule has 5 nitrogen and oxygen atoms in total. The Morgan fingerprint density at radius 3 is 2.22 bits per heavy atom. The summed E-state index contributed by atoms with van der Waals surface area (Å²) in [5.74, 6) is -0.321. The number of urea groups is 1. The summed E-state index contributed by atoms with van der Waals surface area (Å²) >= 11 is 0. The summed E-state index contributed by atoms with van der Waals surface area (Å²) in [5, 5.41) is 9.14. The number of likely N-dealkylation sites (tertiary alicyclic amines) is 1. The minimum absolute atomic E-state index is 0.0103. The molecule has 1 rings (SSSR count). The number of carbonyl (C=O) groups excluding carboxylic acids is 1. The van der Waals surface area contributed by atoms with Gasteiger partial charge in [0.05, 0.1) is 5.41 Å². The number of nitrogens with zero attached hydrogens (tertiary/aromatic N) is 2. The molecule has 1 fully saturated rings. The lowest BCUT2D eigenvalue weighted by atomic mass is 9.80. The number of hydrogen-bond donors (Lipinski definition) is 1. The van der Waals surface area contributed by atoms with Crippen molar-refractivity contribution in [2.75, 3.05) is 26.7 Å². The molecular formula is C13H24N2O3. The molecule has 0 atom stereocenters. The van der Waals surface area contributed by atoms with Crippen LogP contribution in [0.2, 0.25) is 0 Å². The van der Waals surface area contributed by atoms with Crippen LogP contribution in [0.25, 0.3) is 0 Å². The van der Waals surface area contributed by atoms with Crippen LogP contribution in [0.15, 0.2) is 0 Å². The average molecular weight is 256 g/mol. The number of rotatable bonds is 3. The second-order valence-corrected chi connectivity index (χ2v) is 5.91. The Morgan fingerprint density at radius 1 is 1.33 bits per heavy atom. The standard InChI is InChI=1S/C13H24N2O3/c1-10(2)9-14(4)12(18)15-7-5-13(3,6-8-15)11(16)17/h10H,5-9H2,1-4H3,(H,16,17). The van der Waals surface area contributed by atoms with Crippen LogP contribution in [0, 0.1) is 11.3 Å². The van der Waals surface area contributed by atoms with Gasteiger partial charge in [0.2, 0.25) is 0 Å². The van der Waals surface area contributed by atoms with Gasteiger partial charge in [-0.1, -0.05) is 13.8 Å². The summed E-state index contributed by atoms with van der Waals surface area (Å²) < 4.78 is 0. The fourth-order valence-corrected chi connectivity index (χ4v) is 2.27. The van der Waals surface area contributed by atoms with Crippen molar-refractivity contribution in [3.63, 3.8) is 0 Å². The first-order chi connectivity index (χ1) is 8.26. The molecule has 0 aromatic carbocycles. The van der Waals surface area contributed by atoms with Crippen molar-refractivity contribution >= 4 is 12.0 Å². The van der Waals surface area contributed by atoms with E-state index < -0.39 is 11.4 Å². The zero-order valence-corrected chi connectivity index (χ0v) is 11.8. The first-order valence-electron chi connectivity index (χ1n) is 6.50. The summed E-state index contributed by atoms with van der Waals surface area (Å²) in [4.78, 5) is 26.7. The molecule has 0 spiro atoms. The van der Waals surface area contributed by atoms with Gasteiger partial charge < -0.3 is 14.9 Å². The maximum atomic E-state index is 12.1. The quantitative estimate of drug-likeness (QED) is 0.838. The second-order valence-electron chi connectivity index (χ2n) is 5.91. The smallest absolute Gasteiger partial charge is 0.319 e. The maximum absolute atomic E-state index is 12.1. The Morgan fingerprint density at radius 2 is 1.83 bits per heavy atom. The molecule has 0 bridgehead atoms. The van der Waals surface area contributed by atoms with Crippen LogP contribution < -0.4 is 0 Å². The molecule has 1 saturated heterocycles. The first kappa shape index (κ1) is 14.8. The number of amides is 2. The zero-order valence-electron chi connectivity index (χ0n) is 11.8. The van der Waals surface area contributed by atoms with Crippen LogP contribution in [0.5, 0.6) is 0 Å². The Kier molecular flexibility index (Phi) is 4.59. The van der Waals surface area contributed by atoms with Gasteiger partial charge in [-0.15, -0.1) is 0 Å². The molecule has 1 aliphatic heterocycles. The van der Waals surface area contributed by atoms with Crippen molar-refractivity contribution in [3.8, 4) is 0 Å². The Hall–Kier alpha value is -1.26. The third kappa shape index (κ3) is 3.37. The van der Waals surface area contributed by atoms with E-state index in [-0.39, 0.29) is 6.03 Å². The monoisotopic (exact) mass is 256 g/mol. The van der Waals surface area contributed by atoms with Gasteiger partial charge in [-0.05, 0) is 25.7 Å². The van der Waals surface area contributed by atoms with E-state index in [2.05, 4.69) is 13.8 Å². The third-order valence-electron chi connectivity index (χ3n) is 3.62. The lowest BCUT2D eigenvalue weighted by Crippen LogP contribution is -2.49. The first-order valence-corrected chi connectivity index (χ1v) is 6.50. The lowest BCUT2D eigenvalue weighted by molar-refractivity contribution is -0.150. The highest BCUT2D eigenvalue weighted by Gasteiger charge is 2.38. The minimum atomic E-state index is -0.759. The molecule has 2 amide bonds. The van der Waals surface area contributed by atoms with E-state index in [4.69, 9.17) is 5.11 Å². The third-order valence-corrected chi connectivity index (χ3v) is 3.62. The highest BCUT2D eigenvalue weighted by molar-refractivity contribution is 5.76. The number of carboxylic acid groups (broad SMARTS) is 1. The van der Waals surface area contributed by atoms with Gasteiger partial charge in [-0.2, -0.15) is 0 Å². The predicted octanol–water partition coefficient (Wildman–Crippen LogP) is 1.88. The summed E-state index contributed by atoms with van der Waals surface area (Å²) in [5.41, 5.74) is -0.673. The van der Waals surface area contributed by atoms with Gasteiger partial charge in [0.1, 0.15) is 0 Å². The highest BCUT2D eigenvalue weighted by Crippen LogP contribution is 2.31. The predicted molar refractivity (Wildman–Crippen MR) is 69.4 cm³/mol. The molecule has 0 unspecified atom stereocenters. The van der Waals surface area contributed by atoms with Crippen LogP contribution in [0.1, 0.15) is 33.6 Å². The van der Waals surface area contributed by atoms with Crippen molar-refractivity contribution in [3.05, 3.63) is 0 Å². The second kappa shape index (κ2) is 5.59. The van der Waals surface area contributed by atoms with Crippen LogP contribution in [0.3, 0.4) is 0 Å². The van der Waals surface area contributed by atoms with Gasteiger partial charge in [0.15, 0.2) is 0 Å². The minimum Gasteiger partial charge on any atom is -0.481 e. The SMILES string of the molecule is CC(C)CN(C)C(=O)N1CCC(C)(C(=O)O)CC1. The molecule has 0 aliphatic carbocycles. The number of aliphatic carboxylic acids is 1. The van der Waals surface area contributed by atoms with E-state index >= 15 is 0 Å². The largest absolute Gasteiger partial charge is 0.481 e. The Labute approximate surface area is 109 Å². The van der Waals surface area contributed by atoms with Crippen molar-refractivity contribution < 1.29 is 14.7 Å². The van der Waals surface area contributed by atoms with E-state index in [1.807, 2.05) is 0 Å². The lowest BCUT2D eigenvalue weighted by Gasteiger charge is -2.38. The van der Waals surface area contributed by atoms with Gasteiger partial charge >= 0.3 is 12.0 Å². The fourth-order valence-electron chi connectivity index (χ4n) is 2.27. The van der Waals surface area contributed by atoms with Crippen LogP contribution in [0.4, 0.5) is 4.79 Å². The molecule has 0 aromatic rings. The number of piperidine rings is 1. The molecule has 5 heteroatoms. The highest BCUT2D eigenvalue weighted by atomic mass is 16.4. The van der Waals surface area contributed by atoms with Crippen molar-refractivity contribution in [2.45, 2.75) is 33.6 Å². The molecule has 0 saturated carbocycles. The maximum Gasteiger partial charge on any atom is 0.319 e. The molecule has 0 aromatic heterocycles. The van der Waals surface area contributed by atoms with Crippen LogP contribution >= 0.6 is 0 Å². The Bertz CT molecular complexity index is 320. The number of hydrogen-bond acceptors (Lipinski definition) is 2. The van der Waals surface area contributed by atoms with Crippen molar-refractivity contribution in [2.24, 2.45) is 11.3 Å². The summed E-state index contributed by atoms with van der Waals surface area (Å²) in [6.45, 7) is 7.69. The fraction of sp³-hybridized carbons (Fsp3) is 0.846. The van der Waals surface area contributed by atoms with Gasteiger partial charge in [-0.3, -0.25) is 4.79 Å². The molecular weight excluding hydrogens is 232 g/mol. The van der Waals surface area contributed by atoms with Gasteiger partial charge in [-0.25, -0.2) is 4.79 Å². The van der Waals surface area contributed by atoms with Crippen LogP contribution in [-0.4, -0.2) is 53.6 Å². The number of carbonyl (C=O) groups is 2. The molecule has 1 heterocycles. The molecule has 104 valence electrons. The molecule has 1 N–H and O–H groups in total. The summed E-state index contributed by atoms with van der Waals surface area (Å²) in [6, 6.07) is 0.0103. The number of carboxylic acids is 1.